The van der Waals surface area contributed by atoms with E-state index in [1.165, 1.54) is 56.9 Å². The Kier molecular flexibility index (Phi) is 9.89. The highest BCUT2D eigenvalue weighted by Crippen LogP contribution is 2.70. The van der Waals surface area contributed by atoms with Crippen LogP contribution in [0.5, 0.6) is 0 Å². The zero-order valence-corrected chi connectivity index (χ0v) is 29.8. The summed E-state index contributed by atoms with van der Waals surface area (Å²) in [7, 11) is 0. The van der Waals surface area contributed by atoms with Crippen LogP contribution in [-0.2, 0) is 0 Å². The van der Waals surface area contributed by atoms with Crippen molar-refractivity contribution in [3.05, 3.63) is 50.8 Å². The molecular formula is C18H12S16. The Bertz CT molecular complexity index is 959. The standard InChI is InChI=1S/C18H12S16/c1-2-20-8-7(19-1)27-15(28-8)17-31-11-12(32-17)24-6-26-14-13(25-5-23-11)33-18(34-14)16-29-9-10(30-16)22-4-3-21-9/h1-6H2. The van der Waals surface area contributed by atoms with Crippen molar-refractivity contribution in [2.45, 2.75) is 0 Å². The molecular weight excluding hydrogens is 729 g/mol. The van der Waals surface area contributed by atoms with Crippen LogP contribution in [0.3, 0.4) is 0 Å². The van der Waals surface area contributed by atoms with Crippen molar-refractivity contribution in [3.63, 3.8) is 0 Å². The molecule has 0 aromatic carbocycles. The Morgan fingerprint density at radius 3 is 0.676 bits per heavy atom. The summed E-state index contributed by atoms with van der Waals surface area (Å²) >= 11 is 32.7. The lowest BCUT2D eigenvalue weighted by atomic mass is 11.0. The van der Waals surface area contributed by atoms with Crippen molar-refractivity contribution >= 4 is 188 Å². The smallest absolute Gasteiger partial charge is 0.0717 e. The quantitative estimate of drug-likeness (QED) is 0.231. The van der Waals surface area contributed by atoms with Crippen LogP contribution in [0.15, 0.2) is 50.8 Å². The predicted octanol–water partition coefficient (Wildman–Crippen LogP) is 12.5. The second kappa shape index (κ2) is 12.5. The van der Waals surface area contributed by atoms with E-state index in [1.807, 2.05) is 94.1 Å². The van der Waals surface area contributed by atoms with Gasteiger partial charge in [-0.1, -0.05) is 94.1 Å². The Labute approximate surface area is 268 Å². The van der Waals surface area contributed by atoms with E-state index in [0.717, 1.165) is 10.2 Å². The molecule has 34 heavy (non-hydrogen) atoms. The van der Waals surface area contributed by atoms with Crippen LogP contribution in [0.2, 0.25) is 0 Å². The average molecular weight is 741 g/mol. The monoisotopic (exact) mass is 740 g/mol. The van der Waals surface area contributed by atoms with Gasteiger partial charge in [-0.2, -0.15) is 0 Å². The van der Waals surface area contributed by atoms with E-state index in [4.69, 9.17) is 0 Å². The molecule has 0 aliphatic carbocycles. The van der Waals surface area contributed by atoms with Gasteiger partial charge in [-0.3, -0.25) is 0 Å². The Balaban J connectivity index is 1.00. The summed E-state index contributed by atoms with van der Waals surface area (Å²) in [6.45, 7) is 0. The van der Waals surface area contributed by atoms with E-state index in [0.29, 0.717) is 0 Å². The number of rotatable bonds is 0. The second-order valence-corrected chi connectivity index (χ2v) is 26.8. The summed E-state index contributed by atoms with van der Waals surface area (Å²) in [6, 6.07) is 0. The predicted molar refractivity (Wildman–Crippen MR) is 193 cm³/mol. The minimum Gasteiger partial charge on any atom is -0.116 e. The van der Waals surface area contributed by atoms with Crippen molar-refractivity contribution in [1.82, 2.24) is 0 Å². The largest absolute Gasteiger partial charge is 0.116 e. The molecule has 0 aromatic rings. The summed E-state index contributed by atoms with van der Waals surface area (Å²) in [5, 5.41) is 2.21. The molecule has 0 saturated carbocycles. The van der Waals surface area contributed by atoms with E-state index in [2.05, 4.69) is 94.1 Å². The molecule has 0 spiro atoms. The first kappa shape index (κ1) is 26.9. The third-order valence-corrected chi connectivity index (χ3v) is 28.3. The van der Waals surface area contributed by atoms with Crippen LogP contribution in [0.1, 0.15) is 0 Å². The summed E-state index contributed by atoms with van der Waals surface area (Å²) in [5.41, 5.74) is 0. The van der Waals surface area contributed by atoms with Crippen LogP contribution in [0.4, 0.5) is 0 Å². The van der Waals surface area contributed by atoms with E-state index >= 15 is 0 Å². The average Bonchev–Trinajstić information content (AvgIpc) is 3.63. The molecule has 0 fully saturated rings. The minimum absolute atomic E-state index is 1.10. The summed E-state index contributed by atoms with van der Waals surface area (Å²) in [5.74, 6) is 5.04. The SMILES string of the molecule is C1CSC2=C(S1)SC(=C1SC3=C(SCSC4=C(SCS3)SC(=C3SC5=C(SCCS5)S3)S4)S1)S2. The molecule has 0 radical (unpaired) electrons. The lowest BCUT2D eigenvalue weighted by Gasteiger charge is -2.09. The van der Waals surface area contributed by atoms with E-state index in [9.17, 15) is 0 Å². The fourth-order valence-electron chi connectivity index (χ4n) is 2.94. The maximum Gasteiger partial charge on any atom is 0.0717 e. The normalized spacial score (nSPS) is 28.2. The van der Waals surface area contributed by atoms with Gasteiger partial charge in [0, 0.05) is 33.2 Å². The fraction of sp³-hybridized carbons (Fsp3) is 0.333. The van der Waals surface area contributed by atoms with Gasteiger partial charge in [0.1, 0.15) is 0 Å². The molecule has 0 N–H and O–H groups in total. The van der Waals surface area contributed by atoms with Crippen molar-refractivity contribution in [2.75, 3.05) is 33.2 Å². The van der Waals surface area contributed by atoms with Crippen LogP contribution < -0.4 is 0 Å². The highest BCUT2D eigenvalue weighted by atomic mass is 32.3. The minimum atomic E-state index is 1.10. The van der Waals surface area contributed by atoms with Gasteiger partial charge in [0.05, 0.1) is 50.8 Å². The highest BCUT2D eigenvalue weighted by molar-refractivity contribution is 8.49. The zero-order chi connectivity index (χ0) is 22.5. The van der Waals surface area contributed by atoms with Crippen molar-refractivity contribution in [3.8, 4) is 0 Å². The van der Waals surface area contributed by atoms with Crippen LogP contribution in [-0.4, -0.2) is 33.2 Å². The molecule has 0 amide bonds. The second-order valence-electron chi connectivity index (χ2n) is 6.47. The Morgan fingerprint density at radius 1 is 0.235 bits per heavy atom. The molecule has 0 unspecified atom stereocenters. The lowest BCUT2D eigenvalue weighted by molar-refractivity contribution is 1.56. The first-order chi connectivity index (χ1) is 16.8. The van der Waals surface area contributed by atoms with Crippen molar-refractivity contribution < 1.29 is 0 Å². The Morgan fingerprint density at radius 2 is 0.441 bits per heavy atom. The van der Waals surface area contributed by atoms with Gasteiger partial charge in [0.25, 0.3) is 0 Å². The molecule has 180 valence electrons. The summed E-state index contributed by atoms with van der Waals surface area (Å²) in [4.78, 5) is 0. The molecule has 0 aromatic heterocycles. The maximum atomic E-state index is 2.06. The molecule has 7 heterocycles. The molecule has 7 rings (SSSR count). The van der Waals surface area contributed by atoms with Crippen LogP contribution in [0.25, 0.3) is 0 Å². The first-order valence-electron chi connectivity index (χ1n) is 9.71. The number of hydrogen-bond donors (Lipinski definition) is 0. The Hall–Kier alpha value is 4.04. The number of hydrogen-bond acceptors (Lipinski definition) is 16. The third-order valence-electron chi connectivity index (χ3n) is 4.34. The van der Waals surface area contributed by atoms with E-state index < -0.39 is 0 Å². The van der Waals surface area contributed by atoms with Crippen molar-refractivity contribution in [2.24, 2.45) is 0 Å². The van der Waals surface area contributed by atoms with Gasteiger partial charge in [-0.15, -0.1) is 94.1 Å². The van der Waals surface area contributed by atoms with Gasteiger partial charge in [0.2, 0.25) is 0 Å². The molecule has 7 aliphatic heterocycles. The van der Waals surface area contributed by atoms with Gasteiger partial charge in [0.15, 0.2) is 0 Å². The molecule has 7 aliphatic rings. The number of thioether (sulfide) groups is 16. The first-order valence-corrected chi connectivity index (χ1v) is 24.1. The topological polar surface area (TPSA) is 0 Å². The summed E-state index contributed by atoms with van der Waals surface area (Å²) < 4.78 is 18.4. The van der Waals surface area contributed by atoms with Gasteiger partial charge < -0.3 is 0 Å². The highest BCUT2D eigenvalue weighted by Gasteiger charge is 2.35. The van der Waals surface area contributed by atoms with Crippen molar-refractivity contribution in [1.29, 1.82) is 0 Å². The maximum absolute atomic E-state index is 2.06. The zero-order valence-electron chi connectivity index (χ0n) is 16.8. The molecule has 0 atom stereocenters. The fourth-order valence-corrected chi connectivity index (χ4v) is 28.2. The molecule has 0 nitrogen and oxygen atoms in total. The van der Waals surface area contributed by atoms with Gasteiger partial charge in [-0.25, -0.2) is 0 Å². The van der Waals surface area contributed by atoms with Crippen LogP contribution in [0, 0.1) is 0 Å². The van der Waals surface area contributed by atoms with E-state index in [1.54, 1.807) is 16.9 Å². The molecule has 16 heteroatoms. The third kappa shape index (κ3) is 5.98. The van der Waals surface area contributed by atoms with Gasteiger partial charge >= 0.3 is 0 Å². The lowest BCUT2D eigenvalue weighted by Crippen LogP contribution is -1.88. The molecule has 0 saturated heterocycles. The van der Waals surface area contributed by atoms with Crippen LogP contribution >= 0.6 is 188 Å². The summed E-state index contributed by atoms with van der Waals surface area (Å²) in [6.07, 6.45) is 0. The molecule has 0 bridgehead atoms. The van der Waals surface area contributed by atoms with Gasteiger partial charge in [-0.05, 0) is 0 Å². The van der Waals surface area contributed by atoms with E-state index in [-0.39, 0.29) is 0 Å².